The number of carbonyl (C=O) groups excluding carboxylic acids is 1. The van der Waals surface area contributed by atoms with Gasteiger partial charge in [0.05, 0.1) is 11.6 Å². The quantitative estimate of drug-likeness (QED) is 0.726. The number of hydrogen-bond donors (Lipinski definition) is 2. The summed E-state index contributed by atoms with van der Waals surface area (Å²) >= 11 is 5.59. The SMILES string of the molecule is NC(=O)CNc1ccc(Cl)cn1. The van der Waals surface area contributed by atoms with Gasteiger partial charge < -0.3 is 11.1 Å². The number of primary amides is 1. The van der Waals surface area contributed by atoms with Crippen LogP contribution in [0, 0.1) is 0 Å². The van der Waals surface area contributed by atoms with Crippen LogP contribution in [0.1, 0.15) is 0 Å². The molecule has 0 aromatic carbocycles. The third-order valence-corrected chi connectivity index (χ3v) is 1.39. The van der Waals surface area contributed by atoms with Gasteiger partial charge in [-0.2, -0.15) is 0 Å². The molecule has 1 aromatic heterocycles. The summed E-state index contributed by atoms with van der Waals surface area (Å²) in [6, 6.07) is 3.35. The molecular formula is C7H8ClN3O. The molecule has 0 unspecified atom stereocenters. The number of amides is 1. The van der Waals surface area contributed by atoms with Crippen LogP contribution in [-0.2, 0) is 4.79 Å². The van der Waals surface area contributed by atoms with Crippen LogP contribution in [0.2, 0.25) is 5.02 Å². The number of carbonyl (C=O) groups is 1. The minimum atomic E-state index is -0.424. The third kappa shape index (κ3) is 2.75. The van der Waals surface area contributed by atoms with E-state index in [9.17, 15) is 4.79 Å². The van der Waals surface area contributed by atoms with E-state index in [0.717, 1.165) is 0 Å². The predicted octanol–water partition coefficient (Wildman–Crippen LogP) is 0.632. The summed E-state index contributed by atoms with van der Waals surface area (Å²) in [5.74, 6) is 0.157. The first-order chi connectivity index (χ1) is 5.68. The highest BCUT2D eigenvalue weighted by molar-refractivity contribution is 6.30. The Balaban J connectivity index is 2.53. The standard InChI is InChI=1S/C7H8ClN3O/c8-5-1-2-7(10-3-5)11-4-6(9)12/h1-3H,4H2,(H2,9,12)(H,10,11). The molecule has 0 fully saturated rings. The van der Waals surface area contributed by atoms with E-state index < -0.39 is 5.91 Å². The van der Waals surface area contributed by atoms with Gasteiger partial charge in [-0.25, -0.2) is 4.98 Å². The molecule has 1 rings (SSSR count). The minimum Gasteiger partial charge on any atom is -0.368 e. The molecule has 0 saturated heterocycles. The summed E-state index contributed by atoms with van der Waals surface area (Å²) in [7, 11) is 0. The van der Waals surface area contributed by atoms with E-state index in [2.05, 4.69) is 10.3 Å². The number of nitrogens with two attached hydrogens (primary N) is 1. The molecule has 1 heterocycles. The molecule has 1 aromatic rings. The van der Waals surface area contributed by atoms with Gasteiger partial charge in [-0.05, 0) is 12.1 Å². The van der Waals surface area contributed by atoms with Crippen molar-refractivity contribution in [2.45, 2.75) is 0 Å². The van der Waals surface area contributed by atoms with Crippen LogP contribution >= 0.6 is 11.6 Å². The van der Waals surface area contributed by atoms with Crippen LogP contribution in [-0.4, -0.2) is 17.4 Å². The van der Waals surface area contributed by atoms with E-state index in [1.807, 2.05) is 0 Å². The molecule has 0 saturated carbocycles. The Morgan fingerprint density at radius 1 is 1.67 bits per heavy atom. The first kappa shape index (κ1) is 8.80. The number of pyridine rings is 1. The molecule has 12 heavy (non-hydrogen) atoms. The number of aromatic nitrogens is 1. The summed E-state index contributed by atoms with van der Waals surface area (Å²) in [4.78, 5) is 14.2. The monoisotopic (exact) mass is 185 g/mol. The van der Waals surface area contributed by atoms with Gasteiger partial charge in [0.1, 0.15) is 5.82 Å². The molecule has 0 aliphatic rings. The number of nitrogens with zero attached hydrogens (tertiary/aromatic N) is 1. The highest BCUT2D eigenvalue weighted by Crippen LogP contribution is 2.08. The van der Waals surface area contributed by atoms with Crippen LogP contribution in [0.3, 0.4) is 0 Å². The summed E-state index contributed by atoms with van der Waals surface area (Å²) in [6.07, 6.45) is 1.49. The third-order valence-electron chi connectivity index (χ3n) is 1.17. The highest BCUT2D eigenvalue weighted by Gasteiger charge is 1.95. The summed E-state index contributed by atoms with van der Waals surface area (Å²) in [5, 5.41) is 3.28. The van der Waals surface area contributed by atoms with E-state index in [0.29, 0.717) is 10.8 Å². The topological polar surface area (TPSA) is 68.0 Å². The van der Waals surface area contributed by atoms with Gasteiger partial charge in [-0.3, -0.25) is 4.79 Å². The van der Waals surface area contributed by atoms with Gasteiger partial charge in [0.15, 0.2) is 0 Å². The Bertz CT molecular complexity index is 272. The number of rotatable bonds is 3. The van der Waals surface area contributed by atoms with Crippen molar-refractivity contribution in [3.63, 3.8) is 0 Å². The molecule has 4 nitrogen and oxygen atoms in total. The van der Waals surface area contributed by atoms with E-state index in [1.165, 1.54) is 6.20 Å². The lowest BCUT2D eigenvalue weighted by Crippen LogP contribution is -2.22. The predicted molar refractivity (Wildman–Crippen MR) is 46.9 cm³/mol. The zero-order valence-electron chi connectivity index (χ0n) is 6.25. The Hall–Kier alpha value is -1.29. The second-order valence-electron chi connectivity index (χ2n) is 2.18. The second kappa shape index (κ2) is 3.92. The lowest BCUT2D eigenvalue weighted by molar-refractivity contribution is -0.116. The van der Waals surface area contributed by atoms with Gasteiger partial charge in [-0.1, -0.05) is 11.6 Å². The van der Waals surface area contributed by atoms with Crippen molar-refractivity contribution in [2.24, 2.45) is 5.73 Å². The molecule has 0 aliphatic heterocycles. The van der Waals surface area contributed by atoms with Gasteiger partial charge >= 0.3 is 0 Å². The van der Waals surface area contributed by atoms with Crippen molar-refractivity contribution in [1.29, 1.82) is 0 Å². The van der Waals surface area contributed by atoms with Crippen molar-refractivity contribution in [1.82, 2.24) is 4.98 Å². The summed E-state index contributed by atoms with van der Waals surface area (Å²) in [6.45, 7) is 0.0780. The fourth-order valence-electron chi connectivity index (χ4n) is 0.658. The van der Waals surface area contributed by atoms with Crippen molar-refractivity contribution in [3.05, 3.63) is 23.4 Å². The fourth-order valence-corrected chi connectivity index (χ4v) is 0.770. The molecule has 0 radical (unpaired) electrons. The number of anilines is 1. The van der Waals surface area contributed by atoms with Crippen LogP contribution in [0.4, 0.5) is 5.82 Å². The normalized spacial score (nSPS) is 9.42. The van der Waals surface area contributed by atoms with Crippen molar-refractivity contribution >= 4 is 23.3 Å². The van der Waals surface area contributed by atoms with Crippen LogP contribution in [0.5, 0.6) is 0 Å². The fraction of sp³-hybridized carbons (Fsp3) is 0.143. The second-order valence-corrected chi connectivity index (χ2v) is 2.62. The average molecular weight is 186 g/mol. The maximum Gasteiger partial charge on any atom is 0.236 e. The lowest BCUT2D eigenvalue weighted by Gasteiger charge is -2.01. The van der Waals surface area contributed by atoms with E-state index in [1.54, 1.807) is 12.1 Å². The molecule has 1 amide bonds. The van der Waals surface area contributed by atoms with Gasteiger partial charge in [0.2, 0.25) is 5.91 Å². The van der Waals surface area contributed by atoms with E-state index in [-0.39, 0.29) is 6.54 Å². The molecule has 0 atom stereocenters. The molecule has 3 N–H and O–H groups in total. The largest absolute Gasteiger partial charge is 0.368 e. The molecular weight excluding hydrogens is 178 g/mol. The Labute approximate surface area is 74.7 Å². The Kier molecular flexibility index (Phi) is 2.88. The van der Waals surface area contributed by atoms with Gasteiger partial charge in [0.25, 0.3) is 0 Å². The number of halogens is 1. The van der Waals surface area contributed by atoms with Crippen molar-refractivity contribution < 1.29 is 4.79 Å². The number of nitrogens with one attached hydrogen (secondary N) is 1. The minimum absolute atomic E-state index is 0.0780. The maximum atomic E-state index is 10.3. The first-order valence-corrected chi connectivity index (χ1v) is 3.70. The molecule has 0 spiro atoms. The van der Waals surface area contributed by atoms with Crippen molar-refractivity contribution in [2.75, 3.05) is 11.9 Å². The smallest absolute Gasteiger partial charge is 0.236 e. The van der Waals surface area contributed by atoms with E-state index in [4.69, 9.17) is 17.3 Å². The Morgan fingerprint density at radius 2 is 2.42 bits per heavy atom. The van der Waals surface area contributed by atoms with Crippen LogP contribution in [0.15, 0.2) is 18.3 Å². The zero-order chi connectivity index (χ0) is 8.97. The maximum absolute atomic E-state index is 10.3. The average Bonchev–Trinajstić information content (AvgIpc) is 2.03. The highest BCUT2D eigenvalue weighted by atomic mass is 35.5. The zero-order valence-corrected chi connectivity index (χ0v) is 7.01. The number of hydrogen-bond acceptors (Lipinski definition) is 3. The Morgan fingerprint density at radius 3 is 2.92 bits per heavy atom. The van der Waals surface area contributed by atoms with Gasteiger partial charge in [0, 0.05) is 6.20 Å². The first-order valence-electron chi connectivity index (χ1n) is 3.32. The van der Waals surface area contributed by atoms with Crippen LogP contribution < -0.4 is 11.1 Å². The molecule has 5 heteroatoms. The van der Waals surface area contributed by atoms with E-state index >= 15 is 0 Å². The molecule has 0 aliphatic carbocycles. The van der Waals surface area contributed by atoms with Crippen LogP contribution in [0.25, 0.3) is 0 Å². The van der Waals surface area contributed by atoms with Gasteiger partial charge in [-0.15, -0.1) is 0 Å². The van der Waals surface area contributed by atoms with Crippen molar-refractivity contribution in [3.8, 4) is 0 Å². The molecule has 0 bridgehead atoms. The molecule has 64 valence electrons. The lowest BCUT2D eigenvalue weighted by atomic mass is 10.4. The summed E-state index contributed by atoms with van der Waals surface area (Å²) in [5.41, 5.74) is 4.91. The summed E-state index contributed by atoms with van der Waals surface area (Å²) < 4.78 is 0.